The molecule has 0 radical (unpaired) electrons. The van der Waals surface area contributed by atoms with Gasteiger partial charge in [0.25, 0.3) is 5.91 Å². The highest BCUT2D eigenvalue weighted by Gasteiger charge is 2.37. The maximum atomic E-state index is 12.5. The number of esters is 1. The summed E-state index contributed by atoms with van der Waals surface area (Å²) < 4.78 is 21.2. The number of fused-ring (bicyclic) bond motifs is 1. The molecule has 0 bridgehead atoms. The third kappa shape index (κ3) is 4.07. The molecule has 2 aromatic rings. The molecule has 2 aliphatic heterocycles. The fourth-order valence-corrected chi connectivity index (χ4v) is 3.29. The van der Waals surface area contributed by atoms with Gasteiger partial charge < -0.3 is 29.0 Å². The minimum absolute atomic E-state index is 0.00406. The normalized spacial score (nSPS) is 18.8. The first-order valence-corrected chi connectivity index (χ1v) is 9.55. The van der Waals surface area contributed by atoms with Crippen LogP contribution < -0.4 is 19.7 Å². The Kier molecular flexibility index (Phi) is 5.30. The monoisotopic (exact) mass is 415 g/mol. The number of hydrogen-bond donors (Lipinski definition) is 1. The Hall–Kier alpha value is -3.56. The Morgan fingerprint density at radius 3 is 2.73 bits per heavy atom. The molecule has 10 heteroatoms. The summed E-state index contributed by atoms with van der Waals surface area (Å²) in [7, 11) is 0. The van der Waals surface area contributed by atoms with Gasteiger partial charge in [0.05, 0.1) is 5.92 Å². The molecule has 0 aliphatic carbocycles. The van der Waals surface area contributed by atoms with E-state index in [-0.39, 0.29) is 24.7 Å². The van der Waals surface area contributed by atoms with E-state index < -0.39 is 23.9 Å². The van der Waals surface area contributed by atoms with Crippen molar-refractivity contribution in [2.45, 2.75) is 26.4 Å². The van der Waals surface area contributed by atoms with Crippen molar-refractivity contribution in [2.75, 3.05) is 30.0 Å². The van der Waals surface area contributed by atoms with Crippen molar-refractivity contribution in [3.05, 3.63) is 30.0 Å². The van der Waals surface area contributed by atoms with E-state index in [1.807, 2.05) is 0 Å². The largest absolute Gasteiger partial charge is 0.486 e. The van der Waals surface area contributed by atoms with Gasteiger partial charge in [0.2, 0.25) is 5.91 Å². The maximum absolute atomic E-state index is 12.5. The molecule has 10 nitrogen and oxygen atoms in total. The molecule has 1 aromatic heterocycles. The highest BCUT2D eigenvalue weighted by atomic mass is 16.6. The number of nitrogens with one attached hydrogen (secondary N) is 1. The van der Waals surface area contributed by atoms with Crippen LogP contribution in [0.4, 0.5) is 11.5 Å². The maximum Gasteiger partial charge on any atom is 0.312 e. The van der Waals surface area contributed by atoms with Crippen molar-refractivity contribution >= 4 is 29.3 Å². The standard InChI is InChI=1S/C20H21N3O7/c1-11-7-17(22-30-11)21-19(25)12(2)29-20(26)13-8-18(24)23(10-13)14-3-4-15-16(9-14)28-6-5-27-15/h3-4,7,9,12-13H,5-6,8,10H2,1-2H3,(H,21,22,25)/t12-,13-/m0/s1. The Morgan fingerprint density at radius 1 is 1.23 bits per heavy atom. The first-order valence-electron chi connectivity index (χ1n) is 9.55. The Bertz CT molecular complexity index is 987. The predicted molar refractivity (Wildman–Crippen MR) is 103 cm³/mol. The quantitative estimate of drug-likeness (QED) is 0.733. The molecule has 0 saturated carbocycles. The van der Waals surface area contributed by atoms with Crippen LogP contribution in [0.15, 0.2) is 28.8 Å². The van der Waals surface area contributed by atoms with Crippen molar-refractivity contribution in [1.29, 1.82) is 0 Å². The number of ether oxygens (including phenoxy) is 3. The van der Waals surface area contributed by atoms with E-state index in [1.54, 1.807) is 31.2 Å². The van der Waals surface area contributed by atoms with E-state index in [4.69, 9.17) is 18.7 Å². The van der Waals surface area contributed by atoms with Crippen LogP contribution in [0, 0.1) is 12.8 Å². The van der Waals surface area contributed by atoms with Crippen molar-refractivity contribution in [1.82, 2.24) is 5.16 Å². The summed E-state index contributed by atoms with van der Waals surface area (Å²) in [6.45, 7) is 4.22. The highest BCUT2D eigenvalue weighted by molar-refractivity contribution is 6.00. The van der Waals surface area contributed by atoms with Gasteiger partial charge in [0, 0.05) is 30.8 Å². The van der Waals surface area contributed by atoms with Crippen LogP contribution >= 0.6 is 0 Å². The fourth-order valence-electron chi connectivity index (χ4n) is 3.29. The van der Waals surface area contributed by atoms with Gasteiger partial charge >= 0.3 is 5.97 Å². The van der Waals surface area contributed by atoms with Crippen LogP contribution in [0.3, 0.4) is 0 Å². The molecular weight excluding hydrogens is 394 g/mol. The second-order valence-electron chi connectivity index (χ2n) is 7.12. The van der Waals surface area contributed by atoms with E-state index in [9.17, 15) is 14.4 Å². The fraction of sp³-hybridized carbons (Fsp3) is 0.400. The summed E-state index contributed by atoms with van der Waals surface area (Å²) in [4.78, 5) is 38.7. The van der Waals surface area contributed by atoms with Gasteiger partial charge in [-0.1, -0.05) is 5.16 Å². The zero-order valence-electron chi connectivity index (χ0n) is 16.5. The van der Waals surface area contributed by atoms with Crippen molar-refractivity contribution in [3.8, 4) is 11.5 Å². The molecule has 2 atom stereocenters. The van der Waals surface area contributed by atoms with Crippen LogP contribution in [0.1, 0.15) is 19.1 Å². The van der Waals surface area contributed by atoms with E-state index in [0.29, 0.717) is 36.2 Å². The van der Waals surface area contributed by atoms with Gasteiger partial charge in [0.15, 0.2) is 23.4 Å². The number of rotatable bonds is 5. The minimum atomic E-state index is -1.05. The summed E-state index contributed by atoms with van der Waals surface area (Å²) in [5, 5.41) is 6.17. The SMILES string of the molecule is Cc1cc(NC(=O)[C@H](C)OC(=O)[C@H]2CC(=O)N(c3ccc4c(c3)OCCO4)C2)no1. The number of amides is 2. The average Bonchev–Trinajstić information content (AvgIpc) is 3.32. The zero-order chi connectivity index (χ0) is 21.3. The van der Waals surface area contributed by atoms with Gasteiger partial charge in [-0.15, -0.1) is 0 Å². The number of aryl methyl sites for hydroxylation is 1. The number of nitrogens with zero attached hydrogens (tertiary/aromatic N) is 2. The molecule has 0 spiro atoms. The molecule has 4 rings (SSSR count). The third-order valence-electron chi connectivity index (χ3n) is 4.84. The van der Waals surface area contributed by atoms with Gasteiger partial charge in [0.1, 0.15) is 19.0 Å². The van der Waals surface area contributed by atoms with Gasteiger partial charge in [-0.2, -0.15) is 0 Å². The second kappa shape index (κ2) is 8.05. The molecule has 158 valence electrons. The topological polar surface area (TPSA) is 120 Å². The first-order chi connectivity index (χ1) is 14.4. The summed E-state index contributed by atoms with van der Waals surface area (Å²) in [5.74, 6) is -0.0633. The van der Waals surface area contributed by atoms with Crippen LogP contribution in [0.25, 0.3) is 0 Å². The summed E-state index contributed by atoms with van der Waals surface area (Å²) in [6.07, 6.45) is -1.04. The van der Waals surface area contributed by atoms with E-state index in [2.05, 4.69) is 10.5 Å². The number of carbonyl (C=O) groups is 3. The van der Waals surface area contributed by atoms with Crippen LogP contribution in [-0.4, -0.2) is 48.8 Å². The molecule has 1 N–H and O–H groups in total. The molecule has 1 fully saturated rings. The molecule has 30 heavy (non-hydrogen) atoms. The van der Waals surface area contributed by atoms with E-state index in [0.717, 1.165) is 0 Å². The molecule has 2 amide bonds. The average molecular weight is 415 g/mol. The molecule has 0 unspecified atom stereocenters. The number of anilines is 2. The highest BCUT2D eigenvalue weighted by Crippen LogP contribution is 2.36. The molecule has 1 aromatic carbocycles. The van der Waals surface area contributed by atoms with Gasteiger partial charge in [-0.25, -0.2) is 0 Å². The molecule has 3 heterocycles. The van der Waals surface area contributed by atoms with Crippen LogP contribution in [-0.2, 0) is 19.1 Å². The van der Waals surface area contributed by atoms with Gasteiger partial charge in [-0.3, -0.25) is 14.4 Å². The van der Waals surface area contributed by atoms with Crippen molar-refractivity contribution in [3.63, 3.8) is 0 Å². The Labute approximate surface area is 172 Å². The number of aromatic nitrogens is 1. The minimum Gasteiger partial charge on any atom is -0.486 e. The van der Waals surface area contributed by atoms with Gasteiger partial charge in [-0.05, 0) is 26.0 Å². The van der Waals surface area contributed by atoms with Crippen LogP contribution in [0.5, 0.6) is 11.5 Å². The second-order valence-corrected chi connectivity index (χ2v) is 7.12. The Balaban J connectivity index is 1.36. The third-order valence-corrected chi connectivity index (χ3v) is 4.84. The van der Waals surface area contributed by atoms with Crippen molar-refractivity contribution < 1.29 is 33.1 Å². The smallest absolute Gasteiger partial charge is 0.312 e. The number of carbonyl (C=O) groups excluding carboxylic acids is 3. The van der Waals surface area contributed by atoms with E-state index in [1.165, 1.54) is 11.8 Å². The summed E-state index contributed by atoms with van der Waals surface area (Å²) >= 11 is 0. The van der Waals surface area contributed by atoms with Crippen LogP contribution in [0.2, 0.25) is 0 Å². The summed E-state index contributed by atoms with van der Waals surface area (Å²) in [6, 6.07) is 6.75. The van der Waals surface area contributed by atoms with E-state index >= 15 is 0 Å². The lowest BCUT2D eigenvalue weighted by atomic mass is 10.1. The Morgan fingerprint density at radius 2 is 2.00 bits per heavy atom. The zero-order valence-corrected chi connectivity index (χ0v) is 16.5. The first kappa shape index (κ1) is 19.7. The van der Waals surface area contributed by atoms with Crippen molar-refractivity contribution in [2.24, 2.45) is 5.92 Å². The molecular formula is C20H21N3O7. The number of benzene rings is 1. The lowest BCUT2D eigenvalue weighted by Gasteiger charge is -2.22. The molecule has 2 aliphatic rings. The molecule has 1 saturated heterocycles. The lowest BCUT2D eigenvalue weighted by molar-refractivity contribution is -0.157. The lowest BCUT2D eigenvalue weighted by Crippen LogP contribution is -2.33. The number of hydrogen-bond acceptors (Lipinski definition) is 8. The predicted octanol–water partition coefficient (Wildman–Crippen LogP) is 1.68. The summed E-state index contributed by atoms with van der Waals surface area (Å²) in [5.41, 5.74) is 0.617.